The van der Waals surface area contributed by atoms with Crippen molar-refractivity contribution in [2.45, 2.75) is 12.7 Å². The fourth-order valence-corrected chi connectivity index (χ4v) is 4.89. The highest BCUT2D eigenvalue weighted by molar-refractivity contribution is 6.34. The molecule has 1 saturated heterocycles. The summed E-state index contributed by atoms with van der Waals surface area (Å²) in [6.45, 7) is 2.39. The first kappa shape index (κ1) is 30.4. The number of aromatic nitrogens is 7. The van der Waals surface area contributed by atoms with Gasteiger partial charge in [0.05, 0.1) is 40.3 Å². The van der Waals surface area contributed by atoms with Gasteiger partial charge >= 0.3 is 6.18 Å². The third-order valence-electron chi connectivity index (χ3n) is 6.55. The minimum atomic E-state index is -4.71. The second-order valence-corrected chi connectivity index (χ2v) is 9.79. The van der Waals surface area contributed by atoms with Crippen LogP contribution in [0.15, 0.2) is 61.3 Å². The lowest BCUT2D eigenvalue weighted by molar-refractivity contribution is -0.141. The molecule has 0 bridgehead atoms. The Hall–Kier alpha value is -5.09. The lowest BCUT2D eigenvalue weighted by Gasteiger charge is -2.27. The Morgan fingerprint density at radius 3 is 2.61 bits per heavy atom. The van der Waals surface area contributed by atoms with Crippen molar-refractivity contribution in [2.75, 3.05) is 31.5 Å². The molecule has 0 saturated carbocycles. The molecule has 1 amide bonds. The molecular weight excluding hydrogens is 605 g/mol. The molecule has 6 rings (SSSR count). The van der Waals surface area contributed by atoms with Gasteiger partial charge < -0.3 is 20.6 Å². The number of hydrogen-bond acceptors (Lipinski definition) is 9. The summed E-state index contributed by atoms with van der Waals surface area (Å²) in [7, 11) is 0. The number of anilines is 2. The molecule has 1 aliphatic heterocycles. The van der Waals surface area contributed by atoms with Gasteiger partial charge in [-0.1, -0.05) is 11.6 Å². The lowest BCUT2D eigenvalue weighted by Crippen LogP contribution is -2.46. The van der Waals surface area contributed by atoms with Gasteiger partial charge in [0.1, 0.15) is 0 Å². The number of alkyl halides is 3. The second-order valence-electron chi connectivity index (χ2n) is 9.38. The van der Waals surface area contributed by atoms with E-state index in [2.05, 4.69) is 35.9 Å². The maximum absolute atomic E-state index is 14.0. The van der Waals surface area contributed by atoms with Crippen LogP contribution in [0.1, 0.15) is 21.7 Å². The standard InChI is InChI=1S/C26H22ClF3N10O.CH2O2/c27-20-12-16(3-4-18(20)25(41)38-9-6-31-7-10-38)35-23-24-33-13-21(40(24)11-8-32-23)19-15-39(37-22(19)26(28,29)30)14-17-2-1-5-34-36-17;2-1-3/h1-5,8,11-13,15,31H,6-7,9-10,14H2,(H,32,35);1H,(H,2,3). The molecule has 0 atom stereocenters. The molecule has 0 spiro atoms. The summed E-state index contributed by atoms with van der Waals surface area (Å²) in [5.41, 5.74) is 0.642. The summed E-state index contributed by atoms with van der Waals surface area (Å²) in [6, 6.07) is 8.22. The number of fused-ring (bicyclic) bond motifs is 1. The number of nitrogens with one attached hydrogen (secondary N) is 2. The lowest BCUT2D eigenvalue weighted by atomic mass is 10.1. The van der Waals surface area contributed by atoms with Crippen molar-refractivity contribution in [1.29, 1.82) is 0 Å². The monoisotopic (exact) mass is 628 g/mol. The first-order valence-corrected chi connectivity index (χ1v) is 13.5. The van der Waals surface area contributed by atoms with E-state index in [-0.39, 0.29) is 46.7 Å². The third-order valence-corrected chi connectivity index (χ3v) is 6.86. The van der Waals surface area contributed by atoms with Crippen LogP contribution in [-0.2, 0) is 17.5 Å². The Bertz CT molecular complexity index is 1770. The SMILES string of the molecule is O=C(c1ccc(Nc2nccn3c(-c4cn(Cc5cccnn5)nc4C(F)(F)F)cnc23)cc1Cl)N1CCNCC1.O=CO. The number of halogens is 4. The van der Waals surface area contributed by atoms with Crippen LogP contribution in [0, 0.1) is 0 Å². The largest absolute Gasteiger partial charge is 0.483 e. The molecule has 44 heavy (non-hydrogen) atoms. The van der Waals surface area contributed by atoms with Gasteiger partial charge in [-0.25, -0.2) is 9.97 Å². The number of imidazole rings is 1. The van der Waals surface area contributed by atoms with Gasteiger partial charge in [-0.3, -0.25) is 18.7 Å². The maximum atomic E-state index is 14.0. The zero-order valence-electron chi connectivity index (χ0n) is 22.7. The molecule has 1 aliphatic rings. The molecule has 0 radical (unpaired) electrons. The van der Waals surface area contributed by atoms with Gasteiger partial charge in [0, 0.05) is 56.7 Å². The number of nitrogens with zero attached hydrogens (tertiary/aromatic N) is 8. The van der Waals surface area contributed by atoms with Crippen molar-refractivity contribution in [3.63, 3.8) is 0 Å². The van der Waals surface area contributed by atoms with E-state index in [1.54, 1.807) is 35.2 Å². The summed E-state index contributed by atoms with van der Waals surface area (Å²) < 4.78 is 44.7. The maximum Gasteiger partial charge on any atom is 0.435 e. The summed E-state index contributed by atoms with van der Waals surface area (Å²) in [5, 5.41) is 25.0. The number of benzene rings is 1. The van der Waals surface area contributed by atoms with E-state index < -0.39 is 11.9 Å². The summed E-state index contributed by atoms with van der Waals surface area (Å²) >= 11 is 6.46. The van der Waals surface area contributed by atoms with Gasteiger partial charge in [0.2, 0.25) is 0 Å². The number of carboxylic acid groups (broad SMARTS) is 1. The highest BCUT2D eigenvalue weighted by Gasteiger charge is 2.38. The van der Waals surface area contributed by atoms with Crippen LogP contribution in [0.5, 0.6) is 0 Å². The average Bonchev–Trinajstić information content (AvgIpc) is 3.63. The van der Waals surface area contributed by atoms with Gasteiger partial charge in [0.15, 0.2) is 17.2 Å². The van der Waals surface area contributed by atoms with Crippen molar-refractivity contribution < 1.29 is 27.9 Å². The second kappa shape index (κ2) is 13.0. The first-order valence-electron chi connectivity index (χ1n) is 13.1. The molecule has 0 aliphatic carbocycles. The predicted octanol–water partition coefficient (Wildman–Crippen LogP) is 3.59. The van der Waals surface area contributed by atoms with Gasteiger partial charge in [-0.2, -0.15) is 28.5 Å². The Morgan fingerprint density at radius 2 is 1.93 bits per heavy atom. The van der Waals surface area contributed by atoms with E-state index in [1.807, 2.05) is 0 Å². The Balaban J connectivity index is 0.00000123. The molecule has 5 heterocycles. The molecule has 5 aromatic rings. The molecule has 13 nitrogen and oxygen atoms in total. The van der Waals surface area contributed by atoms with Crippen LogP contribution < -0.4 is 10.6 Å². The number of hydrogen-bond donors (Lipinski definition) is 3. The van der Waals surface area contributed by atoms with Crippen molar-refractivity contribution in [2.24, 2.45) is 0 Å². The third kappa shape index (κ3) is 6.60. The van der Waals surface area contributed by atoms with E-state index in [1.165, 1.54) is 40.1 Å². The zero-order chi connectivity index (χ0) is 31.3. The minimum Gasteiger partial charge on any atom is -0.483 e. The summed E-state index contributed by atoms with van der Waals surface area (Å²) in [5.74, 6) is 0.137. The Morgan fingerprint density at radius 1 is 1.16 bits per heavy atom. The van der Waals surface area contributed by atoms with Gasteiger partial charge in [-0.15, -0.1) is 0 Å². The first-order chi connectivity index (χ1) is 21.2. The average molecular weight is 629 g/mol. The highest BCUT2D eigenvalue weighted by Crippen LogP contribution is 2.37. The molecule has 1 fully saturated rings. The number of rotatable bonds is 6. The van der Waals surface area contributed by atoms with Crippen molar-refractivity contribution in [3.8, 4) is 11.3 Å². The number of amides is 1. The van der Waals surface area contributed by atoms with Crippen LogP contribution in [0.2, 0.25) is 5.02 Å². The molecule has 4 aromatic heterocycles. The van der Waals surface area contributed by atoms with Gasteiger partial charge in [-0.05, 0) is 30.3 Å². The quantitative estimate of drug-likeness (QED) is 0.238. The topological polar surface area (TPSA) is 155 Å². The molecule has 1 aromatic carbocycles. The number of piperazine rings is 1. The van der Waals surface area contributed by atoms with Crippen molar-refractivity contribution in [3.05, 3.63) is 83.3 Å². The molecule has 228 valence electrons. The predicted molar refractivity (Wildman–Crippen MR) is 153 cm³/mol. The molecule has 3 N–H and O–H groups in total. The van der Waals surface area contributed by atoms with Crippen molar-refractivity contribution >= 4 is 41.1 Å². The van der Waals surface area contributed by atoms with Gasteiger partial charge in [0.25, 0.3) is 12.4 Å². The van der Waals surface area contributed by atoms with E-state index >= 15 is 0 Å². The van der Waals surface area contributed by atoms with Crippen molar-refractivity contribution in [1.82, 2.24) is 44.6 Å². The normalized spacial score (nSPS) is 13.3. The van der Waals surface area contributed by atoms with Crippen LogP contribution in [0.25, 0.3) is 16.9 Å². The van der Waals surface area contributed by atoms with Crippen LogP contribution in [-0.4, -0.2) is 82.9 Å². The Labute approximate surface area is 252 Å². The number of carbonyl (C=O) groups excluding carboxylic acids is 1. The van der Waals surface area contributed by atoms with Crippen LogP contribution in [0.4, 0.5) is 24.7 Å². The fraction of sp³-hybridized carbons (Fsp3) is 0.222. The summed E-state index contributed by atoms with van der Waals surface area (Å²) in [6.07, 6.45) is 2.38. The molecule has 0 unspecified atom stereocenters. The molecular formula is C27H24ClF3N10O3. The van der Waals surface area contributed by atoms with E-state index in [9.17, 15) is 18.0 Å². The van der Waals surface area contributed by atoms with Crippen LogP contribution in [0.3, 0.4) is 0 Å². The molecule has 17 heteroatoms. The fourth-order valence-electron chi connectivity index (χ4n) is 4.63. The van der Waals surface area contributed by atoms with E-state index in [0.717, 1.165) is 13.1 Å². The van der Waals surface area contributed by atoms with E-state index in [0.29, 0.717) is 30.0 Å². The Kier molecular flexibility index (Phi) is 9.01. The number of carbonyl (C=O) groups is 2. The smallest absolute Gasteiger partial charge is 0.435 e. The van der Waals surface area contributed by atoms with Crippen LogP contribution >= 0.6 is 11.6 Å². The minimum absolute atomic E-state index is 0.00985. The summed E-state index contributed by atoms with van der Waals surface area (Å²) in [4.78, 5) is 31.7. The zero-order valence-corrected chi connectivity index (χ0v) is 23.5. The van der Waals surface area contributed by atoms with E-state index in [4.69, 9.17) is 21.5 Å². The highest BCUT2D eigenvalue weighted by atomic mass is 35.5.